The summed E-state index contributed by atoms with van der Waals surface area (Å²) in [6.45, 7) is 7.34. The van der Waals surface area contributed by atoms with Crippen LogP contribution in [0.3, 0.4) is 0 Å². The first-order chi connectivity index (χ1) is 16.0. The third-order valence-electron chi connectivity index (χ3n) is 4.98. The third-order valence-corrected chi connectivity index (χ3v) is 4.98. The first-order valence-corrected chi connectivity index (χ1v) is 11.1. The second-order valence-electron chi connectivity index (χ2n) is 7.45. The maximum atomic E-state index is 12.8. The van der Waals surface area contributed by atoms with Gasteiger partial charge in [0, 0.05) is 36.6 Å². The lowest BCUT2D eigenvalue weighted by Crippen LogP contribution is -2.26. The van der Waals surface area contributed by atoms with E-state index in [1.54, 1.807) is 43.0 Å². The number of rotatable bonds is 11. The Morgan fingerprint density at radius 3 is 2.58 bits per heavy atom. The minimum absolute atomic E-state index is 0.132. The molecule has 0 aliphatic rings. The minimum Gasteiger partial charge on any atom is -0.490 e. The average Bonchev–Trinajstić information content (AvgIpc) is 3.33. The molecule has 8 heteroatoms. The maximum Gasteiger partial charge on any atom is 0.251 e. The molecule has 0 saturated carbocycles. The van der Waals surface area contributed by atoms with E-state index in [1.165, 1.54) is 0 Å². The second-order valence-corrected chi connectivity index (χ2v) is 7.45. The van der Waals surface area contributed by atoms with Crippen molar-refractivity contribution in [2.45, 2.75) is 39.8 Å². The van der Waals surface area contributed by atoms with E-state index in [-0.39, 0.29) is 17.9 Å². The molecule has 2 aromatic carbocycles. The molecule has 3 rings (SSSR count). The molecule has 1 unspecified atom stereocenters. The number of aromatic nitrogens is 2. The van der Waals surface area contributed by atoms with Crippen molar-refractivity contribution in [3.05, 3.63) is 72.3 Å². The molecular formula is C25H30N4O4. The molecule has 0 radical (unpaired) electrons. The van der Waals surface area contributed by atoms with Gasteiger partial charge in [0.1, 0.15) is 0 Å². The van der Waals surface area contributed by atoms with Crippen LogP contribution in [0.4, 0.5) is 5.69 Å². The zero-order valence-electron chi connectivity index (χ0n) is 19.2. The highest BCUT2D eigenvalue weighted by atomic mass is 16.5. The molecule has 1 heterocycles. The van der Waals surface area contributed by atoms with E-state index in [0.717, 1.165) is 5.56 Å². The van der Waals surface area contributed by atoms with Crippen molar-refractivity contribution in [1.29, 1.82) is 0 Å². The van der Waals surface area contributed by atoms with Crippen LogP contribution in [0, 0.1) is 0 Å². The summed E-state index contributed by atoms with van der Waals surface area (Å²) in [7, 11) is 0. The summed E-state index contributed by atoms with van der Waals surface area (Å²) in [5, 5.41) is 5.84. The Morgan fingerprint density at radius 2 is 1.85 bits per heavy atom. The number of benzene rings is 2. The van der Waals surface area contributed by atoms with Gasteiger partial charge in [-0.25, -0.2) is 4.98 Å². The van der Waals surface area contributed by atoms with Crippen molar-refractivity contribution < 1.29 is 19.1 Å². The minimum atomic E-state index is -0.249. The lowest BCUT2D eigenvalue weighted by atomic mass is 10.1. The number of amides is 2. The number of carbonyl (C=O) groups is 2. The van der Waals surface area contributed by atoms with E-state index in [4.69, 9.17) is 9.47 Å². The highest BCUT2D eigenvalue weighted by Crippen LogP contribution is 2.30. The Kier molecular flexibility index (Phi) is 8.46. The van der Waals surface area contributed by atoms with Crippen LogP contribution in [0.15, 0.2) is 61.2 Å². The summed E-state index contributed by atoms with van der Waals surface area (Å²) >= 11 is 0. The van der Waals surface area contributed by atoms with Crippen LogP contribution >= 0.6 is 0 Å². The zero-order valence-corrected chi connectivity index (χ0v) is 19.2. The summed E-state index contributed by atoms with van der Waals surface area (Å²) < 4.78 is 13.1. The predicted molar refractivity (Wildman–Crippen MR) is 127 cm³/mol. The molecule has 0 spiro atoms. The number of nitrogens with zero attached hydrogens (tertiary/aromatic N) is 2. The van der Waals surface area contributed by atoms with Gasteiger partial charge in [0.15, 0.2) is 11.5 Å². The van der Waals surface area contributed by atoms with Gasteiger partial charge >= 0.3 is 0 Å². The number of anilines is 1. The van der Waals surface area contributed by atoms with Crippen molar-refractivity contribution in [1.82, 2.24) is 14.9 Å². The van der Waals surface area contributed by atoms with E-state index in [1.807, 2.05) is 43.5 Å². The van der Waals surface area contributed by atoms with Gasteiger partial charge in [0.25, 0.3) is 5.91 Å². The summed E-state index contributed by atoms with van der Waals surface area (Å²) in [6.07, 6.45) is 5.46. The van der Waals surface area contributed by atoms with E-state index in [2.05, 4.69) is 15.6 Å². The lowest BCUT2D eigenvalue weighted by Gasteiger charge is -2.18. The molecule has 0 saturated heterocycles. The van der Waals surface area contributed by atoms with Gasteiger partial charge in [-0.05, 0) is 56.7 Å². The number of imidazole rings is 1. The number of hydrogen-bond acceptors (Lipinski definition) is 5. The molecule has 3 aromatic rings. The maximum absolute atomic E-state index is 12.8. The topological polar surface area (TPSA) is 94.5 Å². The lowest BCUT2D eigenvalue weighted by molar-refractivity contribution is -0.116. The standard InChI is InChI=1S/C25H30N4O4/c1-4-32-22-10-9-19(16-23(22)33-5-2)18(3)27-25(31)20-7-6-8-21(15-20)28-24(30)11-13-29-14-12-26-17-29/h6-10,12,14-18H,4-5,11,13H2,1-3H3,(H,27,31)(H,28,30). The van der Waals surface area contributed by atoms with Gasteiger partial charge in [0.2, 0.25) is 5.91 Å². The fourth-order valence-corrected chi connectivity index (χ4v) is 3.31. The molecule has 174 valence electrons. The first kappa shape index (κ1) is 23.8. The smallest absolute Gasteiger partial charge is 0.251 e. The van der Waals surface area contributed by atoms with E-state index in [9.17, 15) is 9.59 Å². The van der Waals surface area contributed by atoms with Gasteiger partial charge < -0.3 is 24.7 Å². The highest BCUT2D eigenvalue weighted by Gasteiger charge is 2.15. The van der Waals surface area contributed by atoms with Gasteiger partial charge in [-0.3, -0.25) is 9.59 Å². The fourth-order valence-electron chi connectivity index (χ4n) is 3.31. The molecule has 2 amide bonds. The molecule has 2 N–H and O–H groups in total. The Morgan fingerprint density at radius 1 is 1.06 bits per heavy atom. The van der Waals surface area contributed by atoms with Crippen LogP contribution in [-0.4, -0.2) is 34.6 Å². The molecule has 0 fully saturated rings. The summed E-state index contributed by atoms with van der Waals surface area (Å²) in [4.78, 5) is 29.0. The predicted octanol–water partition coefficient (Wildman–Crippen LogP) is 4.20. The molecule has 33 heavy (non-hydrogen) atoms. The van der Waals surface area contributed by atoms with E-state index in [0.29, 0.717) is 48.9 Å². The van der Waals surface area contributed by atoms with Crippen LogP contribution in [0.5, 0.6) is 11.5 Å². The molecule has 1 aromatic heterocycles. The summed E-state index contributed by atoms with van der Waals surface area (Å²) in [6, 6.07) is 12.3. The molecule has 1 atom stereocenters. The van der Waals surface area contributed by atoms with Crippen LogP contribution in [-0.2, 0) is 11.3 Å². The number of ether oxygens (including phenoxy) is 2. The highest BCUT2D eigenvalue weighted by molar-refractivity contribution is 5.97. The molecule has 0 aliphatic heterocycles. The summed E-state index contributed by atoms with van der Waals surface area (Å²) in [5.74, 6) is 0.966. The number of nitrogens with one attached hydrogen (secondary N) is 2. The number of aryl methyl sites for hydroxylation is 1. The second kappa shape index (κ2) is 11.7. The van der Waals surface area contributed by atoms with Gasteiger partial charge in [-0.15, -0.1) is 0 Å². The largest absolute Gasteiger partial charge is 0.490 e. The number of hydrogen-bond donors (Lipinski definition) is 2. The van der Waals surface area contributed by atoms with Gasteiger partial charge in [0.05, 0.1) is 25.6 Å². The van der Waals surface area contributed by atoms with Crippen molar-refractivity contribution in [2.75, 3.05) is 18.5 Å². The monoisotopic (exact) mass is 450 g/mol. The molecule has 8 nitrogen and oxygen atoms in total. The normalized spacial score (nSPS) is 11.5. The third kappa shape index (κ3) is 6.83. The van der Waals surface area contributed by atoms with Crippen LogP contribution in [0.2, 0.25) is 0 Å². The molecule has 0 bridgehead atoms. The van der Waals surface area contributed by atoms with Crippen molar-refractivity contribution in [3.8, 4) is 11.5 Å². The zero-order chi connectivity index (χ0) is 23.6. The fraction of sp³-hybridized carbons (Fsp3) is 0.320. The Hall–Kier alpha value is -3.81. The first-order valence-electron chi connectivity index (χ1n) is 11.1. The van der Waals surface area contributed by atoms with Crippen LogP contribution in [0.1, 0.15) is 49.2 Å². The molecule has 0 aliphatic carbocycles. The Labute approximate surface area is 193 Å². The van der Waals surface area contributed by atoms with Gasteiger partial charge in [-0.2, -0.15) is 0 Å². The van der Waals surface area contributed by atoms with Crippen molar-refractivity contribution in [3.63, 3.8) is 0 Å². The summed E-state index contributed by atoms with van der Waals surface area (Å²) in [5.41, 5.74) is 1.94. The Balaban J connectivity index is 1.61. The SMILES string of the molecule is CCOc1ccc(C(C)NC(=O)c2cccc(NC(=O)CCn3ccnc3)c2)cc1OCC. The molecular weight excluding hydrogens is 420 g/mol. The number of carbonyl (C=O) groups excluding carboxylic acids is 2. The van der Waals surface area contributed by atoms with E-state index < -0.39 is 0 Å². The van der Waals surface area contributed by atoms with Crippen LogP contribution in [0.25, 0.3) is 0 Å². The van der Waals surface area contributed by atoms with Crippen LogP contribution < -0.4 is 20.1 Å². The quantitative estimate of drug-likeness (QED) is 0.457. The van der Waals surface area contributed by atoms with Crippen molar-refractivity contribution in [2.24, 2.45) is 0 Å². The van der Waals surface area contributed by atoms with Crippen molar-refractivity contribution >= 4 is 17.5 Å². The van der Waals surface area contributed by atoms with Gasteiger partial charge in [-0.1, -0.05) is 12.1 Å². The van der Waals surface area contributed by atoms with E-state index >= 15 is 0 Å². The average molecular weight is 451 g/mol. The Bertz CT molecular complexity index is 1070.